The minimum Gasteiger partial charge on any atom is -0.330 e. The van der Waals surface area contributed by atoms with Crippen LogP contribution in [0.15, 0.2) is 60.7 Å². The summed E-state index contributed by atoms with van der Waals surface area (Å²) in [4.78, 5) is 0. The van der Waals surface area contributed by atoms with Gasteiger partial charge < -0.3 is 5.73 Å². The molecule has 96 valence electrons. The fourth-order valence-corrected chi connectivity index (χ4v) is 2.13. The minimum atomic E-state index is 0. The van der Waals surface area contributed by atoms with Crippen LogP contribution in [0.25, 0.3) is 0 Å². The van der Waals surface area contributed by atoms with Crippen LogP contribution in [0.4, 0.5) is 0 Å². The van der Waals surface area contributed by atoms with Gasteiger partial charge in [-0.3, -0.25) is 0 Å². The molecule has 0 saturated heterocycles. The molecule has 0 spiro atoms. The number of benzene rings is 2. The van der Waals surface area contributed by atoms with Crippen molar-refractivity contribution in [1.82, 2.24) is 0 Å². The molecule has 0 saturated carbocycles. The van der Waals surface area contributed by atoms with Crippen molar-refractivity contribution in [2.75, 3.05) is 6.54 Å². The lowest BCUT2D eigenvalue weighted by Gasteiger charge is -2.14. The Morgan fingerprint density at radius 1 is 0.722 bits per heavy atom. The third kappa shape index (κ3) is 4.52. The molecule has 0 unspecified atom stereocenters. The highest BCUT2D eigenvalue weighted by molar-refractivity contribution is 5.85. The zero-order chi connectivity index (χ0) is 11.9. The first-order chi connectivity index (χ1) is 8.38. The van der Waals surface area contributed by atoms with Crippen molar-refractivity contribution in [3.05, 3.63) is 71.8 Å². The van der Waals surface area contributed by atoms with E-state index in [-0.39, 0.29) is 12.4 Å². The van der Waals surface area contributed by atoms with E-state index in [0.29, 0.717) is 5.92 Å². The van der Waals surface area contributed by atoms with Crippen molar-refractivity contribution in [1.29, 1.82) is 0 Å². The molecule has 2 heteroatoms. The molecule has 0 fully saturated rings. The van der Waals surface area contributed by atoms with Crippen molar-refractivity contribution >= 4 is 12.4 Å². The average Bonchev–Trinajstić information content (AvgIpc) is 2.40. The molecule has 2 N–H and O–H groups in total. The molecule has 0 bridgehead atoms. The highest BCUT2D eigenvalue weighted by Crippen LogP contribution is 2.13. The number of halogens is 1. The van der Waals surface area contributed by atoms with Gasteiger partial charge in [-0.2, -0.15) is 0 Å². The second kappa shape index (κ2) is 7.91. The molecule has 2 rings (SSSR count). The maximum absolute atomic E-state index is 5.87. The molecule has 2 aromatic carbocycles. The Kier molecular flexibility index (Phi) is 6.48. The molecule has 2 aromatic rings. The summed E-state index contributed by atoms with van der Waals surface area (Å²) in [5.74, 6) is 0.528. The van der Waals surface area contributed by atoms with Crippen LogP contribution in [0, 0.1) is 5.92 Å². The van der Waals surface area contributed by atoms with Gasteiger partial charge in [0.1, 0.15) is 0 Å². The number of hydrogen-bond donors (Lipinski definition) is 1. The van der Waals surface area contributed by atoms with E-state index in [4.69, 9.17) is 5.73 Å². The predicted molar refractivity (Wildman–Crippen MR) is 80.1 cm³/mol. The normalized spacial score (nSPS) is 10.1. The Morgan fingerprint density at radius 3 is 1.44 bits per heavy atom. The highest BCUT2D eigenvalue weighted by Gasteiger charge is 2.08. The van der Waals surface area contributed by atoms with Gasteiger partial charge in [-0.05, 0) is 36.4 Å². The maximum atomic E-state index is 5.87. The predicted octanol–water partition coefficient (Wildman–Crippen LogP) is 3.47. The first kappa shape index (κ1) is 14.7. The van der Waals surface area contributed by atoms with E-state index in [1.165, 1.54) is 11.1 Å². The van der Waals surface area contributed by atoms with Gasteiger partial charge in [0.2, 0.25) is 0 Å². The fraction of sp³-hybridized carbons (Fsp3) is 0.250. The second-order valence-corrected chi connectivity index (χ2v) is 4.48. The Labute approximate surface area is 115 Å². The van der Waals surface area contributed by atoms with Gasteiger partial charge in [0, 0.05) is 0 Å². The van der Waals surface area contributed by atoms with Crippen LogP contribution >= 0.6 is 12.4 Å². The highest BCUT2D eigenvalue weighted by atomic mass is 35.5. The molecule has 0 aliphatic carbocycles. The molecule has 18 heavy (non-hydrogen) atoms. The van der Waals surface area contributed by atoms with E-state index < -0.39 is 0 Å². The summed E-state index contributed by atoms with van der Waals surface area (Å²) >= 11 is 0. The lowest BCUT2D eigenvalue weighted by molar-refractivity contribution is 0.533. The SMILES string of the molecule is Cl.NCC(Cc1ccccc1)Cc1ccccc1. The molecule has 0 amide bonds. The van der Waals surface area contributed by atoms with Gasteiger partial charge in [-0.1, -0.05) is 60.7 Å². The lowest BCUT2D eigenvalue weighted by Crippen LogP contribution is -2.19. The van der Waals surface area contributed by atoms with Gasteiger partial charge in [0.05, 0.1) is 0 Å². The van der Waals surface area contributed by atoms with Gasteiger partial charge in [-0.15, -0.1) is 12.4 Å². The quantitative estimate of drug-likeness (QED) is 0.876. The molecule has 0 heterocycles. The summed E-state index contributed by atoms with van der Waals surface area (Å²) in [5.41, 5.74) is 8.62. The van der Waals surface area contributed by atoms with E-state index in [2.05, 4.69) is 60.7 Å². The monoisotopic (exact) mass is 261 g/mol. The van der Waals surface area contributed by atoms with Gasteiger partial charge in [0.15, 0.2) is 0 Å². The van der Waals surface area contributed by atoms with Crippen LogP contribution < -0.4 is 5.73 Å². The van der Waals surface area contributed by atoms with E-state index in [9.17, 15) is 0 Å². The third-order valence-corrected chi connectivity index (χ3v) is 3.07. The zero-order valence-electron chi connectivity index (χ0n) is 10.5. The first-order valence-electron chi connectivity index (χ1n) is 6.16. The van der Waals surface area contributed by atoms with Crippen molar-refractivity contribution in [2.45, 2.75) is 12.8 Å². The maximum Gasteiger partial charge on any atom is -0.00425 e. The van der Waals surface area contributed by atoms with Crippen LogP contribution in [0.1, 0.15) is 11.1 Å². The van der Waals surface area contributed by atoms with Crippen LogP contribution in [0.2, 0.25) is 0 Å². The Bertz CT molecular complexity index is 386. The van der Waals surface area contributed by atoms with Crippen LogP contribution in [0.3, 0.4) is 0 Å². The van der Waals surface area contributed by atoms with E-state index in [1.54, 1.807) is 0 Å². The average molecular weight is 262 g/mol. The Hall–Kier alpha value is -1.31. The second-order valence-electron chi connectivity index (χ2n) is 4.48. The van der Waals surface area contributed by atoms with Crippen molar-refractivity contribution < 1.29 is 0 Å². The van der Waals surface area contributed by atoms with Gasteiger partial charge in [-0.25, -0.2) is 0 Å². The number of rotatable bonds is 5. The van der Waals surface area contributed by atoms with Crippen LogP contribution in [-0.2, 0) is 12.8 Å². The molecule has 0 aliphatic heterocycles. The molecule has 1 nitrogen and oxygen atoms in total. The zero-order valence-corrected chi connectivity index (χ0v) is 11.3. The molecular weight excluding hydrogens is 242 g/mol. The topological polar surface area (TPSA) is 26.0 Å². The number of nitrogens with two attached hydrogens (primary N) is 1. The summed E-state index contributed by atoms with van der Waals surface area (Å²) < 4.78 is 0. The third-order valence-electron chi connectivity index (χ3n) is 3.07. The Balaban J connectivity index is 0.00000162. The summed E-state index contributed by atoms with van der Waals surface area (Å²) in [5, 5.41) is 0. The number of hydrogen-bond acceptors (Lipinski definition) is 1. The van der Waals surface area contributed by atoms with E-state index >= 15 is 0 Å². The molecule has 0 aromatic heterocycles. The van der Waals surface area contributed by atoms with Crippen LogP contribution in [-0.4, -0.2) is 6.54 Å². The van der Waals surface area contributed by atoms with Gasteiger partial charge >= 0.3 is 0 Å². The summed E-state index contributed by atoms with van der Waals surface area (Å²) in [6.07, 6.45) is 2.12. The molecule has 0 aliphatic rings. The minimum absolute atomic E-state index is 0. The summed E-state index contributed by atoms with van der Waals surface area (Å²) in [6.45, 7) is 0.740. The van der Waals surface area contributed by atoms with Gasteiger partial charge in [0.25, 0.3) is 0 Å². The van der Waals surface area contributed by atoms with E-state index in [0.717, 1.165) is 19.4 Å². The molecule has 0 radical (unpaired) electrons. The molecular formula is C16H20ClN. The summed E-state index contributed by atoms with van der Waals surface area (Å²) in [7, 11) is 0. The fourth-order valence-electron chi connectivity index (χ4n) is 2.13. The molecule has 0 atom stereocenters. The summed E-state index contributed by atoms with van der Waals surface area (Å²) in [6, 6.07) is 21.2. The van der Waals surface area contributed by atoms with Crippen molar-refractivity contribution in [3.8, 4) is 0 Å². The first-order valence-corrected chi connectivity index (χ1v) is 6.16. The smallest absolute Gasteiger partial charge is 0.00425 e. The van der Waals surface area contributed by atoms with E-state index in [1.807, 2.05) is 0 Å². The standard InChI is InChI=1S/C16H19N.ClH/c17-13-16(11-14-7-3-1-4-8-14)12-15-9-5-2-6-10-15;/h1-10,16H,11-13,17H2;1H. The largest absolute Gasteiger partial charge is 0.330 e. The van der Waals surface area contributed by atoms with Crippen molar-refractivity contribution in [3.63, 3.8) is 0 Å². The van der Waals surface area contributed by atoms with Crippen LogP contribution in [0.5, 0.6) is 0 Å². The Morgan fingerprint density at radius 2 is 1.11 bits per heavy atom. The van der Waals surface area contributed by atoms with Crippen molar-refractivity contribution in [2.24, 2.45) is 11.7 Å². The lowest BCUT2D eigenvalue weighted by atomic mass is 9.93.